The third-order valence-corrected chi connectivity index (χ3v) is 3.52. The van der Waals surface area contributed by atoms with Gasteiger partial charge in [0.15, 0.2) is 0 Å². The van der Waals surface area contributed by atoms with Gasteiger partial charge in [0.1, 0.15) is 0 Å². The zero-order valence-electron chi connectivity index (χ0n) is 10.7. The van der Waals surface area contributed by atoms with Crippen LogP contribution < -0.4 is 10.6 Å². The number of amides is 2. The predicted molar refractivity (Wildman–Crippen MR) is 69.7 cm³/mol. The zero-order chi connectivity index (χ0) is 13.1. The van der Waals surface area contributed by atoms with Crippen LogP contribution in [0.3, 0.4) is 0 Å². The molecule has 2 aliphatic rings. The molecule has 1 aromatic heterocycles. The topological polar surface area (TPSA) is 66.5 Å². The van der Waals surface area contributed by atoms with Crippen LogP contribution in [0.5, 0.6) is 0 Å². The van der Waals surface area contributed by atoms with Crippen LogP contribution in [0, 0.1) is 0 Å². The van der Waals surface area contributed by atoms with Crippen LogP contribution >= 0.6 is 0 Å². The lowest BCUT2D eigenvalue weighted by molar-refractivity contribution is 0.0145. The molecule has 0 bridgehead atoms. The maximum atomic E-state index is 12.0. The summed E-state index contributed by atoms with van der Waals surface area (Å²) in [5.41, 5.74) is 1.09. The van der Waals surface area contributed by atoms with Crippen LogP contribution in [0.15, 0.2) is 24.5 Å². The lowest BCUT2D eigenvalue weighted by Gasteiger charge is -2.27. The van der Waals surface area contributed by atoms with Gasteiger partial charge >= 0.3 is 6.03 Å². The van der Waals surface area contributed by atoms with Crippen LogP contribution in [0.25, 0.3) is 0 Å². The minimum atomic E-state index is -0.0176. The molecule has 0 radical (unpaired) electrons. The molecule has 2 saturated heterocycles. The molecule has 2 fully saturated rings. The molecule has 2 N–H and O–H groups in total. The van der Waals surface area contributed by atoms with Crippen LogP contribution in [-0.2, 0) is 4.74 Å². The van der Waals surface area contributed by atoms with Crippen molar-refractivity contribution in [2.45, 2.75) is 12.1 Å². The predicted octanol–water partition coefficient (Wildman–Crippen LogP) is 0.136. The summed E-state index contributed by atoms with van der Waals surface area (Å²) < 4.78 is 5.63. The van der Waals surface area contributed by atoms with Gasteiger partial charge in [-0.3, -0.25) is 4.98 Å². The van der Waals surface area contributed by atoms with Crippen molar-refractivity contribution < 1.29 is 9.53 Å². The minimum Gasteiger partial charge on any atom is -0.374 e. The van der Waals surface area contributed by atoms with Crippen molar-refractivity contribution in [1.29, 1.82) is 0 Å². The number of rotatable bonds is 3. The number of carbonyl (C=O) groups excluding carboxylic acids is 1. The minimum absolute atomic E-state index is 0.0176. The number of aromatic nitrogens is 1. The molecule has 2 amide bonds. The largest absolute Gasteiger partial charge is 0.374 e. The summed E-state index contributed by atoms with van der Waals surface area (Å²) in [5, 5.41) is 6.27. The van der Waals surface area contributed by atoms with E-state index in [1.165, 1.54) is 0 Å². The third kappa shape index (κ3) is 2.85. The highest BCUT2D eigenvalue weighted by Gasteiger charge is 2.31. The Labute approximate surface area is 112 Å². The molecule has 102 valence electrons. The van der Waals surface area contributed by atoms with Crippen LogP contribution in [-0.4, -0.2) is 54.8 Å². The van der Waals surface area contributed by atoms with Gasteiger partial charge in [-0.15, -0.1) is 0 Å². The quantitative estimate of drug-likeness (QED) is 0.813. The lowest BCUT2D eigenvalue weighted by Crippen LogP contribution is -2.46. The number of nitrogens with one attached hydrogen (secondary N) is 2. The first kappa shape index (κ1) is 12.4. The molecular formula is C13H18N4O2. The Balaban J connectivity index is 1.60. The van der Waals surface area contributed by atoms with Crippen molar-refractivity contribution in [3.8, 4) is 0 Å². The fourth-order valence-electron chi connectivity index (χ4n) is 2.51. The summed E-state index contributed by atoms with van der Waals surface area (Å²) in [4.78, 5) is 17.8. The molecule has 2 atom stereocenters. The molecule has 19 heavy (non-hydrogen) atoms. The zero-order valence-corrected chi connectivity index (χ0v) is 10.7. The summed E-state index contributed by atoms with van der Waals surface area (Å²) in [5.74, 6) is 0. The van der Waals surface area contributed by atoms with Gasteiger partial charge in [0.05, 0.1) is 18.8 Å². The summed E-state index contributed by atoms with van der Waals surface area (Å²) in [6.45, 7) is 3.74. The molecule has 0 spiro atoms. The van der Waals surface area contributed by atoms with Crippen LogP contribution in [0.1, 0.15) is 11.6 Å². The molecule has 0 aliphatic carbocycles. The summed E-state index contributed by atoms with van der Waals surface area (Å²) >= 11 is 0. The van der Waals surface area contributed by atoms with Crippen molar-refractivity contribution in [3.05, 3.63) is 30.1 Å². The Kier molecular flexibility index (Phi) is 3.61. The third-order valence-electron chi connectivity index (χ3n) is 3.52. The van der Waals surface area contributed by atoms with E-state index in [4.69, 9.17) is 4.74 Å². The second-order valence-corrected chi connectivity index (χ2v) is 4.88. The first-order chi connectivity index (χ1) is 9.33. The van der Waals surface area contributed by atoms with E-state index in [0.717, 1.165) is 18.7 Å². The molecular weight excluding hydrogens is 244 g/mol. The van der Waals surface area contributed by atoms with Gasteiger partial charge in [-0.1, -0.05) is 0 Å². The molecule has 3 rings (SSSR count). The normalized spacial score (nSPS) is 27.4. The summed E-state index contributed by atoms with van der Waals surface area (Å²) in [6, 6.07) is 3.91. The Morgan fingerprint density at radius 3 is 3.00 bits per heavy atom. The van der Waals surface area contributed by atoms with E-state index in [2.05, 4.69) is 15.6 Å². The van der Waals surface area contributed by atoms with E-state index in [1.54, 1.807) is 12.4 Å². The molecule has 2 unspecified atom stereocenters. The van der Waals surface area contributed by atoms with Crippen molar-refractivity contribution in [2.75, 3.05) is 32.8 Å². The van der Waals surface area contributed by atoms with Gasteiger partial charge in [-0.05, 0) is 17.7 Å². The maximum Gasteiger partial charge on any atom is 0.318 e. The monoisotopic (exact) mass is 262 g/mol. The average molecular weight is 262 g/mol. The molecule has 2 aliphatic heterocycles. The highest BCUT2D eigenvalue weighted by atomic mass is 16.5. The first-order valence-corrected chi connectivity index (χ1v) is 6.60. The first-order valence-electron chi connectivity index (χ1n) is 6.60. The van der Waals surface area contributed by atoms with Gasteiger partial charge in [0, 0.05) is 38.6 Å². The van der Waals surface area contributed by atoms with E-state index < -0.39 is 0 Å². The van der Waals surface area contributed by atoms with Crippen LogP contribution in [0.2, 0.25) is 0 Å². The van der Waals surface area contributed by atoms with Gasteiger partial charge in [0.25, 0.3) is 0 Å². The number of urea groups is 1. The van der Waals surface area contributed by atoms with E-state index in [9.17, 15) is 4.79 Å². The van der Waals surface area contributed by atoms with E-state index >= 15 is 0 Å². The van der Waals surface area contributed by atoms with Crippen molar-refractivity contribution in [3.63, 3.8) is 0 Å². The second kappa shape index (κ2) is 5.54. The standard InChI is InChI=1S/C13H18N4O2/c18-13-16-12(10-1-3-14-4-2-10)9-17(13)8-11-7-15-5-6-19-11/h1-4,11-12,15H,5-9H2,(H,16,18). The van der Waals surface area contributed by atoms with Gasteiger partial charge in [-0.2, -0.15) is 0 Å². The molecule has 0 saturated carbocycles. The number of pyridine rings is 1. The molecule has 3 heterocycles. The van der Waals surface area contributed by atoms with E-state index in [0.29, 0.717) is 19.7 Å². The van der Waals surface area contributed by atoms with E-state index in [1.807, 2.05) is 17.0 Å². The smallest absolute Gasteiger partial charge is 0.318 e. The molecule has 0 aromatic carbocycles. The molecule has 1 aromatic rings. The highest BCUT2D eigenvalue weighted by molar-refractivity contribution is 5.77. The Morgan fingerprint density at radius 1 is 1.42 bits per heavy atom. The van der Waals surface area contributed by atoms with Gasteiger partial charge in [0.2, 0.25) is 0 Å². The van der Waals surface area contributed by atoms with Gasteiger partial charge in [-0.25, -0.2) is 4.79 Å². The molecule has 6 nitrogen and oxygen atoms in total. The van der Waals surface area contributed by atoms with Crippen molar-refractivity contribution in [2.24, 2.45) is 0 Å². The number of carbonyl (C=O) groups is 1. The number of nitrogens with zero attached hydrogens (tertiary/aromatic N) is 2. The van der Waals surface area contributed by atoms with Gasteiger partial charge < -0.3 is 20.3 Å². The fraction of sp³-hybridized carbons (Fsp3) is 0.538. The number of hydrogen-bond donors (Lipinski definition) is 2. The summed E-state index contributed by atoms with van der Waals surface area (Å²) in [7, 11) is 0. The van der Waals surface area contributed by atoms with E-state index in [-0.39, 0.29) is 18.2 Å². The van der Waals surface area contributed by atoms with Crippen molar-refractivity contribution in [1.82, 2.24) is 20.5 Å². The maximum absolute atomic E-state index is 12.0. The lowest BCUT2D eigenvalue weighted by atomic mass is 10.1. The Morgan fingerprint density at radius 2 is 2.26 bits per heavy atom. The Bertz CT molecular complexity index is 434. The Hall–Kier alpha value is -1.66. The summed E-state index contributed by atoms with van der Waals surface area (Å²) in [6.07, 6.45) is 3.59. The SMILES string of the molecule is O=C1NC(c2ccncc2)CN1CC1CNCCO1. The molecule has 6 heteroatoms. The average Bonchev–Trinajstić information content (AvgIpc) is 2.82. The highest BCUT2D eigenvalue weighted by Crippen LogP contribution is 2.20. The number of morpholine rings is 1. The van der Waals surface area contributed by atoms with Crippen LogP contribution in [0.4, 0.5) is 4.79 Å². The fourth-order valence-corrected chi connectivity index (χ4v) is 2.51. The number of hydrogen-bond acceptors (Lipinski definition) is 4. The second-order valence-electron chi connectivity index (χ2n) is 4.88. The number of ether oxygens (including phenoxy) is 1. The van der Waals surface area contributed by atoms with Crippen molar-refractivity contribution >= 4 is 6.03 Å².